The lowest BCUT2D eigenvalue weighted by molar-refractivity contribution is 0.0932. The highest BCUT2D eigenvalue weighted by Crippen LogP contribution is 2.13. The fourth-order valence-corrected chi connectivity index (χ4v) is 2.22. The topological polar surface area (TPSA) is 68.0 Å². The maximum Gasteiger partial charge on any atom is 0.251 e. The lowest BCUT2D eigenvalue weighted by atomic mass is 10.0. The van der Waals surface area contributed by atoms with Crippen molar-refractivity contribution in [3.63, 3.8) is 0 Å². The van der Waals surface area contributed by atoms with Gasteiger partial charge >= 0.3 is 0 Å². The third kappa shape index (κ3) is 5.47. The Morgan fingerprint density at radius 1 is 1.37 bits per heavy atom. The fraction of sp³-hybridized carbons (Fsp3) is 0.571. The number of nitrogens with one attached hydrogen (secondary N) is 1. The quantitative estimate of drug-likeness (QED) is 0.754. The summed E-state index contributed by atoms with van der Waals surface area (Å²) in [6, 6.07) is 3.30. The molecule has 1 rings (SSSR count). The lowest BCUT2D eigenvalue weighted by Crippen LogP contribution is -2.34. The number of halogens is 1. The molecule has 19 heavy (non-hydrogen) atoms. The maximum atomic E-state index is 12.1. The zero-order chi connectivity index (χ0) is 14.3. The molecule has 1 aromatic heterocycles. The van der Waals surface area contributed by atoms with Gasteiger partial charge in [0.15, 0.2) is 0 Å². The van der Waals surface area contributed by atoms with E-state index in [1.54, 1.807) is 6.07 Å². The van der Waals surface area contributed by atoms with E-state index >= 15 is 0 Å². The molecule has 1 atom stereocenters. The Kier molecular flexibility index (Phi) is 6.64. The van der Waals surface area contributed by atoms with Gasteiger partial charge in [-0.25, -0.2) is 4.98 Å². The second-order valence-electron chi connectivity index (χ2n) is 4.70. The molecule has 3 N–H and O–H groups in total. The Balaban J connectivity index is 2.69. The summed E-state index contributed by atoms with van der Waals surface area (Å²) in [5.41, 5.74) is 6.06. The summed E-state index contributed by atoms with van der Waals surface area (Å²) in [5, 5.41) is 3.28. The van der Waals surface area contributed by atoms with E-state index in [9.17, 15) is 4.79 Å². The summed E-state index contributed by atoms with van der Waals surface area (Å²) in [6.07, 6.45) is 5.28. The minimum atomic E-state index is -0.134. The molecule has 0 fully saturated rings. The molecule has 0 aromatic carbocycles. The highest BCUT2D eigenvalue weighted by Gasteiger charge is 2.14. The van der Waals surface area contributed by atoms with Gasteiger partial charge in [0.05, 0.1) is 0 Å². The molecular weight excluding hydrogens is 262 g/mol. The van der Waals surface area contributed by atoms with Crippen LogP contribution in [0.15, 0.2) is 12.1 Å². The normalized spacial score (nSPS) is 12.2. The van der Waals surface area contributed by atoms with Crippen LogP contribution in [0, 0.1) is 0 Å². The molecule has 0 aliphatic rings. The number of carbonyl (C=O) groups excluding carboxylic acids is 1. The molecule has 5 heteroatoms. The predicted octanol–water partition coefficient (Wildman–Crippen LogP) is 3.41. The van der Waals surface area contributed by atoms with Crippen LogP contribution in [0.25, 0.3) is 0 Å². The van der Waals surface area contributed by atoms with Crippen LogP contribution in [0.4, 0.5) is 5.82 Å². The number of amides is 1. The average Bonchev–Trinajstić information content (AvgIpc) is 2.35. The summed E-state index contributed by atoms with van der Waals surface area (Å²) in [7, 11) is 0. The lowest BCUT2D eigenvalue weighted by Gasteiger charge is -2.18. The number of aromatic nitrogens is 1. The van der Waals surface area contributed by atoms with E-state index < -0.39 is 0 Å². The third-order valence-corrected chi connectivity index (χ3v) is 3.15. The van der Waals surface area contributed by atoms with Gasteiger partial charge in [0.25, 0.3) is 5.91 Å². The van der Waals surface area contributed by atoms with Crippen LogP contribution in [0.2, 0.25) is 5.15 Å². The number of hydrogen-bond donors (Lipinski definition) is 2. The summed E-state index contributed by atoms with van der Waals surface area (Å²) in [4.78, 5) is 16.0. The van der Waals surface area contributed by atoms with E-state index in [0.717, 1.165) is 32.1 Å². The van der Waals surface area contributed by atoms with Gasteiger partial charge in [0.2, 0.25) is 0 Å². The Hall–Kier alpha value is -1.29. The molecule has 4 nitrogen and oxygen atoms in total. The maximum absolute atomic E-state index is 12.1. The molecule has 0 saturated carbocycles. The molecule has 1 amide bonds. The number of nitrogens with zero attached hydrogens (tertiary/aromatic N) is 1. The molecular formula is C14H22ClN3O. The van der Waals surface area contributed by atoms with Crippen LogP contribution in [0.5, 0.6) is 0 Å². The minimum absolute atomic E-state index is 0.134. The van der Waals surface area contributed by atoms with Crippen molar-refractivity contribution in [2.45, 2.75) is 52.0 Å². The molecule has 0 saturated heterocycles. The Bertz CT molecular complexity index is 403. The molecule has 1 aromatic rings. The molecule has 106 valence electrons. The SMILES string of the molecule is CCCCC(CCC)NC(=O)c1cc(N)nc(Cl)c1. The van der Waals surface area contributed by atoms with Gasteiger partial charge in [-0.3, -0.25) is 4.79 Å². The van der Waals surface area contributed by atoms with Crippen molar-refractivity contribution in [2.24, 2.45) is 0 Å². The predicted molar refractivity (Wildman–Crippen MR) is 79.3 cm³/mol. The summed E-state index contributed by atoms with van der Waals surface area (Å²) < 4.78 is 0. The highest BCUT2D eigenvalue weighted by atomic mass is 35.5. The number of hydrogen-bond acceptors (Lipinski definition) is 3. The smallest absolute Gasteiger partial charge is 0.251 e. The molecule has 0 aliphatic heterocycles. The van der Waals surface area contributed by atoms with E-state index in [1.165, 1.54) is 6.07 Å². The van der Waals surface area contributed by atoms with Crippen molar-refractivity contribution >= 4 is 23.3 Å². The molecule has 0 bridgehead atoms. The molecule has 1 unspecified atom stereocenters. The second-order valence-corrected chi connectivity index (χ2v) is 5.09. The van der Waals surface area contributed by atoms with Crippen LogP contribution in [-0.4, -0.2) is 16.9 Å². The average molecular weight is 284 g/mol. The monoisotopic (exact) mass is 283 g/mol. The number of carbonyl (C=O) groups is 1. The van der Waals surface area contributed by atoms with Gasteiger partial charge in [0, 0.05) is 11.6 Å². The van der Waals surface area contributed by atoms with E-state index in [2.05, 4.69) is 24.1 Å². The number of nitrogen functional groups attached to an aromatic ring is 1. The Morgan fingerprint density at radius 2 is 2.11 bits per heavy atom. The summed E-state index contributed by atoms with van der Waals surface area (Å²) >= 11 is 5.80. The summed E-state index contributed by atoms with van der Waals surface area (Å²) in [6.45, 7) is 4.26. The number of pyridine rings is 1. The van der Waals surface area contributed by atoms with Gasteiger partial charge in [-0.2, -0.15) is 0 Å². The third-order valence-electron chi connectivity index (χ3n) is 2.95. The fourth-order valence-electron chi connectivity index (χ4n) is 2.00. The Labute approximate surface area is 119 Å². The van der Waals surface area contributed by atoms with Gasteiger partial charge in [-0.1, -0.05) is 44.7 Å². The second kappa shape index (κ2) is 8.00. The van der Waals surface area contributed by atoms with Crippen LogP contribution in [0.3, 0.4) is 0 Å². The summed E-state index contributed by atoms with van der Waals surface area (Å²) in [5.74, 6) is 0.129. The first-order valence-corrected chi connectivity index (χ1v) is 7.18. The molecule has 0 radical (unpaired) electrons. The zero-order valence-corrected chi connectivity index (χ0v) is 12.3. The van der Waals surface area contributed by atoms with Crippen LogP contribution in [0.1, 0.15) is 56.3 Å². The van der Waals surface area contributed by atoms with Gasteiger partial charge in [0.1, 0.15) is 11.0 Å². The first-order chi connectivity index (χ1) is 9.06. The molecule has 0 aliphatic carbocycles. The van der Waals surface area contributed by atoms with Crippen molar-refractivity contribution in [3.05, 3.63) is 22.8 Å². The van der Waals surface area contributed by atoms with Gasteiger partial charge in [-0.15, -0.1) is 0 Å². The standard InChI is InChI=1S/C14H22ClN3O/c1-3-5-7-11(6-4-2)17-14(19)10-8-12(15)18-13(16)9-10/h8-9,11H,3-7H2,1-2H3,(H2,16,18)(H,17,19). The van der Waals surface area contributed by atoms with E-state index in [4.69, 9.17) is 17.3 Å². The van der Waals surface area contributed by atoms with Crippen LogP contribution in [-0.2, 0) is 0 Å². The number of rotatable bonds is 7. The van der Waals surface area contributed by atoms with E-state index in [1.807, 2.05) is 0 Å². The zero-order valence-electron chi connectivity index (χ0n) is 11.6. The van der Waals surface area contributed by atoms with Crippen molar-refractivity contribution in [3.8, 4) is 0 Å². The largest absolute Gasteiger partial charge is 0.384 e. The van der Waals surface area contributed by atoms with E-state index in [-0.39, 0.29) is 22.9 Å². The molecule has 1 heterocycles. The first kappa shape index (κ1) is 15.8. The van der Waals surface area contributed by atoms with Gasteiger partial charge in [-0.05, 0) is 25.0 Å². The van der Waals surface area contributed by atoms with Gasteiger partial charge < -0.3 is 11.1 Å². The Morgan fingerprint density at radius 3 is 2.68 bits per heavy atom. The minimum Gasteiger partial charge on any atom is -0.384 e. The van der Waals surface area contributed by atoms with Crippen molar-refractivity contribution in [1.29, 1.82) is 0 Å². The number of nitrogens with two attached hydrogens (primary N) is 1. The number of anilines is 1. The highest BCUT2D eigenvalue weighted by molar-refractivity contribution is 6.29. The molecule has 0 spiro atoms. The van der Waals surface area contributed by atoms with Crippen molar-refractivity contribution < 1.29 is 4.79 Å². The van der Waals surface area contributed by atoms with Crippen LogP contribution >= 0.6 is 11.6 Å². The van der Waals surface area contributed by atoms with Crippen molar-refractivity contribution in [1.82, 2.24) is 10.3 Å². The first-order valence-electron chi connectivity index (χ1n) is 6.80. The van der Waals surface area contributed by atoms with Crippen molar-refractivity contribution in [2.75, 3.05) is 5.73 Å². The van der Waals surface area contributed by atoms with E-state index in [0.29, 0.717) is 5.56 Å². The number of unbranched alkanes of at least 4 members (excludes halogenated alkanes) is 1. The van der Waals surface area contributed by atoms with Crippen LogP contribution < -0.4 is 11.1 Å².